The van der Waals surface area contributed by atoms with Crippen LogP contribution in [-0.4, -0.2) is 74.1 Å². The lowest BCUT2D eigenvalue weighted by molar-refractivity contribution is -0.125. The van der Waals surface area contributed by atoms with Crippen molar-refractivity contribution in [3.63, 3.8) is 0 Å². The normalized spacial score (nSPS) is 21.8. The fourth-order valence-electron chi connectivity index (χ4n) is 3.26. The van der Waals surface area contributed by atoms with E-state index < -0.39 is 0 Å². The molecule has 0 unspecified atom stereocenters. The Morgan fingerprint density at radius 2 is 2.08 bits per heavy atom. The fraction of sp³-hybridized carbons (Fsp3) is 0.684. The zero-order chi connectivity index (χ0) is 18.2. The van der Waals surface area contributed by atoms with Gasteiger partial charge in [0.1, 0.15) is 5.82 Å². The number of likely N-dealkylation sites (tertiary alicyclic amines) is 1. The Balaban J connectivity index is 1.66. The number of aromatic nitrogens is 1. The minimum Gasteiger partial charge on any atom is -0.370 e. The number of hydrogen-bond donors (Lipinski definition) is 2. The summed E-state index contributed by atoms with van der Waals surface area (Å²) in [7, 11) is 6.35. The van der Waals surface area contributed by atoms with Gasteiger partial charge < -0.3 is 20.4 Å². The van der Waals surface area contributed by atoms with Crippen LogP contribution in [0.2, 0.25) is 0 Å². The first-order chi connectivity index (χ1) is 12.0. The van der Waals surface area contributed by atoms with Crippen LogP contribution in [0.4, 0.5) is 5.82 Å². The third-order valence-electron chi connectivity index (χ3n) is 4.87. The maximum Gasteiger partial charge on any atom is 0.224 e. The zero-order valence-electron chi connectivity index (χ0n) is 16.1. The number of pyridine rings is 1. The largest absolute Gasteiger partial charge is 0.370 e. The van der Waals surface area contributed by atoms with E-state index in [1.807, 2.05) is 25.3 Å². The van der Waals surface area contributed by atoms with Gasteiger partial charge in [0.15, 0.2) is 0 Å². The van der Waals surface area contributed by atoms with Gasteiger partial charge in [0.2, 0.25) is 5.91 Å². The Hall–Kier alpha value is -1.66. The number of amides is 1. The molecule has 0 aromatic carbocycles. The van der Waals surface area contributed by atoms with Gasteiger partial charge >= 0.3 is 0 Å². The summed E-state index contributed by atoms with van der Waals surface area (Å²) in [5.41, 5.74) is 1.16. The Labute approximate surface area is 152 Å². The average molecular weight is 348 g/mol. The van der Waals surface area contributed by atoms with Crippen molar-refractivity contribution in [1.29, 1.82) is 0 Å². The zero-order valence-corrected chi connectivity index (χ0v) is 16.1. The lowest BCUT2D eigenvalue weighted by Crippen LogP contribution is -2.39. The monoisotopic (exact) mass is 347 g/mol. The molecule has 2 N–H and O–H groups in total. The summed E-state index contributed by atoms with van der Waals surface area (Å²) in [5, 5.41) is 6.38. The minimum absolute atomic E-state index is 0.0988. The van der Waals surface area contributed by atoms with E-state index in [4.69, 9.17) is 0 Å². The second-order valence-electron chi connectivity index (χ2n) is 7.41. The quantitative estimate of drug-likeness (QED) is 0.734. The Morgan fingerprint density at radius 1 is 1.28 bits per heavy atom. The topological polar surface area (TPSA) is 60.5 Å². The molecule has 1 aromatic rings. The first-order valence-corrected chi connectivity index (χ1v) is 9.25. The predicted octanol–water partition coefficient (Wildman–Crippen LogP) is 1.58. The molecule has 2 atom stereocenters. The summed E-state index contributed by atoms with van der Waals surface area (Å²) < 4.78 is 0. The van der Waals surface area contributed by atoms with Crippen molar-refractivity contribution in [3.8, 4) is 0 Å². The number of anilines is 1. The molecule has 6 heteroatoms. The summed E-state index contributed by atoms with van der Waals surface area (Å²) >= 11 is 0. The molecule has 0 aliphatic carbocycles. The highest BCUT2D eigenvalue weighted by Crippen LogP contribution is 2.18. The fourth-order valence-corrected chi connectivity index (χ4v) is 3.26. The van der Waals surface area contributed by atoms with Crippen molar-refractivity contribution >= 4 is 11.7 Å². The van der Waals surface area contributed by atoms with Crippen LogP contribution in [0.15, 0.2) is 18.3 Å². The second kappa shape index (κ2) is 9.73. The smallest absolute Gasteiger partial charge is 0.224 e. The van der Waals surface area contributed by atoms with E-state index in [2.05, 4.69) is 46.6 Å². The number of nitrogens with zero attached hydrogens (tertiary/aromatic N) is 3. The molecule has 1 aliphatic heterocycles. The highest BCUT2D eigenvalue weighted by atomic mass is 16.1. The van der Waals surface area contributed by atoms with Crippen molar-refractivity contribution in [1.82, 2.24) is 20.1 Å². The molecule has 6 nitrogen and oxygen atoms in total. The van der Waals surface area contributed by atoms with Gasteiger partial charge in [-0.2, -0.15) is 0 Å². The Kier molecular flexibility index (Phi) is 7.65. The van der Waals surface area contributed by atoms with E-state index in [-0.39, 0.29) is 11.8 Å². The molecule has 1 fully saturated rings. The van der Waals surface area contributed by atoms with Crippen LogP contribution < -0.4 is 10.6 Å². The van der Waals surface area contributed by atoms with Crippen LogP contribution in [-0.2, 0) is 4.79 Å². The third-order valence-corrected chi connectivity index (χ3v) is 4.87. The third kappa shape index (κ3) is 6.63. The SMILES string of the molecule is Cc1ccc(NCCCNC(=O)[C@@H]2CC[C@H](N(C)C)CN(C)C2)nc1. The van der Waals surface area contributed by atoms with Gasteiger partial charge in [0, 0.05) is 38.4 Å². The van der Waals surface area contributed by atoms with Crippen LogP contribution >= 0.6 is 0 Å². The number of nitrogens with one attached hydrogen (secondary N) is 2. The second-order valence-corrected chi connectivity index (χ2v) is 7.41. The van der Waals surface area contributed by atoms with Crippen molar-refractivity contribution in [2.24, 2.45) is 5.92 Å². The number of aryl methyl sites for hydroxylation is 1. The van der Waals surface area contributed by atoms with E-state index in [1.165, 1.54) is 0 Å². The molecule has 0 saturated carbocycles. The molecule has 2 heterocycles. The summed E-state index contributed by atoms with van der Waals surface area (Å²) in [5.74, 6) is 1.18. The van der Waals surface area contributed by atoms with Gasteiger partial charge in [-0.05, 0) is 59.0 Å². The van der Waals surface area contributed by atoms with Crippen molar-refractivity contribution in [2.75, 3.05) is 52.6 Å². The first kappa shape index (κ1) is 19.7. The van der Waals surface area contributed by atoms with E-state index in [1.54, 1.807) is 0 Å². The van der Waals surface area contributed by atoms with Crippen molar-refractivity contribution in [3.05, 3.63) is 23.9 Å². The molecule has 2 rings (SSSR count). The number of hydrogen-bond acceptors (Lipinski definition) is 5. The van der Waals surface area contributed by atoms with Crippen molar-refractivity contribution in [2.45, 2.75) is 32.2 Å². The highest BCUT2D eigenvalue weighted by molar-refractivity contribution is 5.78. The summed E-state index contributed by atoms with van der Waals surface area (Å²) in [6, 6.07) is 4.56. The molecule has 1 aliphatic rings. The molecular formula is C19H33N5O. The van der Waals surface area contributed by atoms with Crippen molar-refractivity contribution < 1.29 is 4.79 Å². The van der Waals surface area contributed by atoms with Crippen LogP contribution in [0.1, 0.15) is 24.8 Å². The number of carbonyl (C=O) groups excluding carboxylic acids is 1. The minimum atomic E-state index is 0.0988. The summed E-state index contributed by atoms with van der Waals surface area (Å²) in [4.78, 5) is 21.3. The van der Waals surface area contributed by atoms with Gasteiger partial charge in [0.25, 0.3) is 0 Å². The van der Waals surface area contributed by atoms with E-state index in [0.29, 0.717) is 12.6 Å². The van der Waals surface area contributed by atoms with E-state index in [0.717, 1.165) is 50.3 Å². The molecule has 1 saturated heterocycles. The van der Waals surface area contributed by atoms with E-state index >= 15 is 0 Å². The molecular weight excluding hydrogens is 314 g/mol. The number of likely N-dealkylation sites (N-methyl/N-ethyl adjacent to an activating group) is 2. The van der Waals surface area contributed by atoms with Gasteiger partial charge in [-0.15, -0.1) is 0 Å². The predicted molar refractivity (Wildman–Crippen MR) is 103 cm³/mol. The lowest BCUT2D eigenvalue weighted by atomic mass is 10.0. The highest BCUT2D eigenvalue weighted by Gasteiger charge is 2.27. The maximum atomic E-state index is 12.5. The molecule has 0 radical (unpaired) electrons. The standard InChI is InChI=1S/C19H33N5O/c1-15-6-9-18(22-12-15)20-10-5-11-21-19(25)16-7-8-17(23(2)3)14-24(4)13-16/h6,9,12,16-17H,5,7-8,10-11,13-14H2,1-4H3,(H,20,22)(H,21,25)/t16-,17+/m1/s1. The Bertz CT molecular complexity index is 531. The van der Waals surface area contributed by atoms with Crippen LogP contribution in [0.5, 0.6) is 0 Å². The van der Waals surface area contributed by atoms with Crippen LogP contribution in [0.3, 0.4) is 0 Å². The van der Waals surface area contributed by atoms with Crippen LogP contribution in [0.25, 0.3) is 0 Å². The van der Waals surface area contributed by atoms with E-state index in [9.17, 15) is 4.79 Å². The molecule has 1 aromatic heterocycles. The number of carbonyl (C=O) groups is 1. The molecule has 0 bridgehead atoms. The lowest BCUT2D eigenvalue weighted by Gasteiger charge is -2.25. The Morgan fingerprint density at radius 3 is 2.76 bits per heavy atom. The molecule has 0 spiro atoms. The summed E-state index contributed by atoms with van der Waals surface area (Å²) in [6.45, 7) is 5.42. The molecule has 1 amide bonds. The number of rotatable bonds is 7. The summed E-state index contributed by atoms with van der Waals surface area (Å²) in [6.07, 6.45) is 4.79. The van der Waals surface area contributed by atoms with Gasteiger partial charge in [-0.25, -0.2) is 4.98 Å². The molecule has 140 valence electrons. The maximum absolute atomic E-state index is 12.5. The first-order valence-electron chi connectivity index (χ1n) is 9.25. The van der Waals surface area contributed by atoms with Gasteiger partial charge in [-0.3, -0.25) is 4.79 Å². The molecule has 25 heavy (non-hydrogen) atoms. The van der Waals surface area contributed by atoms with Gasteiger partial charge in [0.05, 0.1) is 5.92 Å². The van der Waals surface area contributed by atoms with Gasteiger partial charge in [-0.1, -0.05) is 6.07 Å². The average Bonchev–Trinajstić information content (AvgIpc) is 2.78. The van der Waals surface area contributed by atoms with Crippen LogP contribution in [0, 0.1) is 12.8 Å².